The molecule has 0 aliphatic carbocycles. The lowest BCUT2D eigenvalue weighted by Crippen LogP contribution is -1.99. The summed E-state index contributed by atoms with van der Waals surface area (Å²) in [7, 11) is 0. The predicted molar refractivity (Wildman–Crippen MR) is 262 cm³/mol. The van der Waals surface area contributed by atoms with Gasteiger partial charge in [-0.25, -0.2) is 0 Å². The van der Waals surface area contributed by atoms with Crippen LogP contribution in [0.1, 0.15) is 0 Å². The standard InChI is InChI=1S/C60H40N2/c1-3-15-41(16-4-1)45-19-13-21-47(37-45)48-22-14-20-46(38-48)43-29-31-44(32-30-43)51-35-33-49(42-17-5-2-6-18-42)39-59(51)62-58-28-12-9-25-54(58)55-36-34-50(40-60(55)62)61-56-26-10-7-23-52(56)53-24-8-11-27-57(53)61/h1-40H. The first-order valence-electron chi connectivity index (χ1n) is 21.3. The van der Waals surface area contributed by atoms with Gasteiger partial charge in [0.15, 0.2) is 0 Å². The first-order valence-corrected chi connectivity index (χ1v) is 21.3. The summed E-state index contributed by atoms with van der Waals surface area (Å²) in [4.78, 5) is 0. The SMILES string of the molecule is c1ccc(-c2cccc(-c3cccc(-c4ccc(-c5ccc(-c6ccccc6)cc5-n5c6ccccc6c6ccc(-n7c8ccccc8c8ccccc87)cc65)cc4)c3)c2)cc1. The Kier molecular flexibility index (Phi) is 8.53. The molecule has 62 heavy (non-hydrogen) atoms. The minimum absolute atomic E-state index is 1.14. The van der Waals surface area contributed by atoms with Gasteiger partial charge in [-0.1, -0.05) is 194 Å². The Morgan fingerprint density at radius 3 is 1.15 bits per heavy atom. The van der Waals surface area contributed by atoms with Gasteiger partial charge < -0.3 is 9.13 Å². The predicted octanol–water partition coefficient (Wildman–Crippen LogP) is 16.2. The van der Waals surface area contributed by atoms with Gasteiger partial charge in [0.2, 0.25) is 0 Å². The van der Waals surface area contributed by atoms with Gasteiger partial charge in [0.1, 0.15) is 0 Å². The van der Waals surface area contributed by atoms with Crippen LogP contribution in [0, 0.1) is 0 Å². The van der Waals surface area contributed by atoms with Gasteiger partial charge in [-0.05, 0) is 98.6 Å². The number of aromatic nitrogens is 2. The summed E-state index contributed by atoms with van der Waals surface area (Å²) in [6, 6.07) is 88.5. The van der Waals surface area contributed by atoms with Gasteiger partial charge in [0.05, 0.1) is 27.8 Å². The highest BCUT2D eigenvalue weighted by atomic mass is 15.0. The first-order chi connectivity index (χ1) is 30.7. The Morgan fingerprint density at radius 1 is 0.210 bits per heavy atom. The van der Waals surface area contributed by atoms with Crippen molar-refractivity contribution in [3.05, 3.63) is 243 Å². The smallest absolute Gasteiger partial charge is 0.0562 e. The highest BCUT2D eigenvalue weighted by molar-refractivity contribution is 6.12. The van der Waals surface area contributed by atoms with E-state index in [2.05, 4.69) is 252 Å². The lowest BCUT2D eigenvalue weighted by molar-refractivity contribution is 1.16. The summed E-state index contributed by atoms with van der Waals surface area (Å²) >= 11 is 0. The van der Waals surface area contributed by atoms with E-state index in [0.29, 0.717) is 0 Å². The largest absolute Gasteiger partial charge is 0.309 e. The fourth-order valence-electron chi connectivity index (χ4n) is 9.56. The van der Waals surface area contributed by atoms with E-state index in [9.17, 15) is 0 Å². The van der Waals surface area contributed by atoms with E-state index in [1.54, 1.807) is 0 Å². The number of fused-ring (bicyclic) bond motifs is 6. The van der Waals surface area contributed by atoms with Gasteiger partial charge in [-0.3, -0.25) is 0 Å². The molecule has 0 N–H and O–H groups in total. The maximum Gasteiger partial charge on any atom is 0.0562 e. The zero-order valence-electron chi connectivity index (χ0n) is 34.0. The molecule has 0 amide bonds. The van der Waals surface area contributed by atoms with Gasteiger partial charge in [-0.15, -0.1) is 0 Å². The van der Waals surface area contributed by atoms with Crippen LogP contribution in [-0.4, -0.2) is 9.13 Å². The van der Waals surface area contributed by atoms with Crippen LogP contribution >= 0.6 is 0 Å². The van der Waals surface area contributed by atoms with Crippen LogP contribution in [0.25, 0.3) is 111 Å². The average Bonchev–Trinajstić information content (AvgIpc) is 3.87. The topological polar surface area (TPSA) is 9.86 Å². The highest BCUT2D eigenvalue weighted by Gasteiger charge is 2.19. The van der Waals surface area contributed by atoms with Crippen LogP contribution in [0.15, 0.2) is 243 Å². The maximum absolute atomic E-state index is 2.49. The molecule has 0 aliphatic rings. The van der Waals surface area contributed by atoms with Crippen LogP contribution in [0.4, 0.5) is 0 Å². The molecule has 0 atom stereocenters. The minimum Gasteiger partial charge on any atom is -0.309 e. The van der Waals surface area contributed by atoms with E-state index < -0.39 is 0 Å². The normalized spacial score (nSPS) is 11.5. The van der Waals surface area contributed by atoms with Crippen molar-refractivity contribution >= 4 is 43.6 Å². The number of hydrogen-bond donors (Lipinski definition) is 0. The Balaban J connectivity index is 1.01. The van der Waals surface area contributed by atoms with Gasteiger partial charge in [-0.2, -0.15) is 0 Å². The molecule has 0 aliphatic heterocycles. The molecule has 12 aromatic rings. The van der Waals surface area contributed by atoms with Crippen molar-refractivity contribution in [3.63, 3.8) is 0 Å². The molecule has 0 fully saturated rings. The fraction of sp³-hybridized carbons (Fsp3) is 0. The summed E-state index contributed by atoms with van der Waals surface area (Å²) in [6.45, 7) is 0. The Labute approximate surface area is 360 Å². The van der Waals surface area contributed by atoms with E-state index in [1.807, 2.05) is 0 Å². The molecule has 2 aromatic heterocycles. The van der Waals surface area contributed by atoms with E-state index >= 15 is 0 Å². The third-order valence-corrected chi connectivity index (χ3v) is 12.5. The van der Waals surface area contributed by atoms with Crippen LogP contribution in [-0.2, 0) is 0 Å². The minimum atomic E-state index is 1.14. The quantitative estimate of drug-likeness (QED) is 0.152. The second-order valence-corrected chi connectivity index (χ2v) is 16.1. The Hall–Kier alpha value is -8.20. The molecular formula is C60H40N2. The third kappa shape index (κ3) is 6.04. The van der Waals surface area contributed by atoms with E-state index in [4.69, 9.17) is 0 Å². The number of hydrogen-bond acceptors (Lipinski definition) is 0. The molecule has 290 valence electrons. The summed E-state index contributed by atoms with van der Waals surface area (Å²) in [5.41, 5.74) is 19.0. The van der Waals surface area contributed by atoms with Crippen molar-refractivity contribution in [2.24, 2.45) is 0 Å². The molecule has 0 unspecified atom stereocenters. The molecule has 0 radical (unpaired) electrons. The summed E-state index contributed by atoms with van der Waals surface area (Å²) in [5, 5.41) is 4.98. The maximum atomic E-state index is 2.49. The van der Waals surface area contributed by atoms with Crippen molar-refractivity contribution in [1.82, 2.24) is 9.13 Å². The zero-order valence-corrected chi connectivity index (χ0v) is 34.0. The van der Waals surface area contributed by atoms with Crippen molar-refractivity contribution < 1.29 is 0 Å². The molecule has 0 saturated carbocycles. The number of benzene rings is 10. The molecule has 2 heterocycles. The molecule has 12 rings (SSSR count). The van der Waals surface area contributed by atoms with Crippen LogP contribution in [0.3, 0.4) is 0 Å². The van der Waals surface area contributed by atoms with E-state index in [-0.39, 0.29) is 0 Å². The monoisotopic (exact) mass is 788 g/mol. The van der Waals surface area contributed by atoms with E-state index in [1.165, 1.54) is 99.2 Å². The molecule has 10 aromatic carbocycles. The molecule has 0 bridgehead atoms. The fourth-order valence-corrected chi connectivity index (χ4v) is 9.56. The van der Waals surface area contributed by atoms with Crippen molar-refractivity contribution in [2.75, 3.05) is 0 Å². The van der Waals surface area contributed by atoms with Gasteiger partial charge in [0.25, 0.3) is 0 Å². The second kappa shape index (κ2) is 14.8. The zero-order chi connectivity index (χ0) is 41.0. The molecular weight excluding hydrogens is 749 g/mol. The van der Waals surface area contributed by atoms with E-state index in [0.717, 1.165) is 11.4 Å². The van der Waals surface area contributed by atoms with Crippen molar-refractivity contribution in [1.29, 1.82) is 0 Å². The molecule has 0 spiro atoms. The van der Waals surface area contributed by atoms with Crippen molar-refractivity contribution in [3.8, 4) is 67.0 Å². The Bertz CT molecular complexity index is 3560. The highest BCUT2D eigenvalue weighted by Crippen LogP contribution is 2.41. The molecule has 2 heteroatoms. The summed E-state index contributed by atoms with van der Waals surface area (Å²) < 4.78 is 4.91. The van der Waals surface area contributed by atoms with Gasteiger partial charge >= 0.3 is 0 Å². The lowest BCUT2D eigenvalue weighted by Gasteiger charge is -2.17. The summed E-state index contributed by atoms with van der Waals surface area (Å²) in [6.07, 6.45) is 0. The average molecular weight is 789 g/mol. The number of para-hydroxylation sites is 3. The number of rotatable bonds is 7. The Morgan fingerprint density at radius 2 is 0.597 bits per heavy atom. The van der Waals surface area contributed by atoms with Crippen molar-refractivity contribution in [2.45, 2.75) is 0 Å². The lowest BCUT2D eigenvalue weighted by atomic mass is 9.94. The van der Waals surface area contributed by atoms with Crippen LogP contribution in [0.5, 0.6) is 0 Å². The number of nitrogens with zero attached hydrogens (tertiary/aromatic N) is 2. The van der Waals surface area contributed by atoms with Gasteiger partial charge in [0, 0.05) is 32.8 Å². The molecule has 0 saturated heterocycles. The first kappa shape index (κ1) is 35.7. The summed E-state index contributed by atoms with van der Waals surface area (Å²) in [5.74, 6) is 0. The van der Waals surface area contributed by atoms with Crippen LogP contribution < -0.4 is 0 Å². The second-order valence-electron chi connectivity index (χ2n) is 16.1. The molecule has 2 nitrogen and oxygen atoms in total. The third-order valence-electron chi connectivity index (χ3n) is 12.5. The van der Waals surface area contributed by atoms with Crippen LogP contribution in [0.2, 0.25) is 0 Å².